The number of rotatable bonds is 7. The van der Waals surface area contributed by atoms with Crippen molar-refractivity contribution in [3.05, 3.63) is 23.3 Å². The van der Waals surface area contributed by atoms with Gasteiger partial charge in [0.15, 0.2) is 5.78 Å². The van der Waals surface area contributed by atoms with Crippen LogP contribution in [0.5, 0.6) is 11.5 Å². The summed E-state index contributed by atoms with van der Waals surface area (Å²) >= 11 is 0. The van der Waals surface area contributed by atoms with Crippen LogP contribution in [0.3, 0.4) is 0 Å². The van der Waals surface area contributed by atoms with E-state index in [-0.39, 0.29) is 22.8 Å². The molecule has 1 aromatic carbocycles. The number of carbonyl (C=O) groups is 3. The molecule has 1 atom stereocenters. The first-order valence-corrected chi connectivity index (χ1v) is 7.48. The van der Waals surface area contributed by atoms with E-state index >= 15 is 0 Å². The first kappa shape index (κ1) is 19.3. The van der Waals surface area contributed by atoms with E-state index in [0.29, 0.717) is 18.4 Å². The fourth-order valence-electron chi connectivity index (χ4n) is 2.12. The summed E-state index contributed by atoms with van der Waals surface area (Å²) in [4.78, 5) is 35.0. The average molecular weight is 335 g/mol. The van der Waals surface area contributed by atoms with Crippen molar-refractivity contribution in [3.8, 4) is 11.5 Å². The van der Waals surface area contributed by atoms with E-state index in [0.717, 1.165) is 7.11 Å². The van der Waals surface area contributed by atoms with Gasteiger partial charge in [-0.2, -0.15) is 0 Å². The molecule has 0 spiro atoms. The summed E-state index contributed by atoms with van der Waals surface area (Å²) < 4.78 is 9.64. The second kappa shape index (κ2) is 8.24. The number of carbonyl (C=O) groups excluding carboxylic acids is 3. The van der Waals surface area contributed by atoms with Crippen LogP contribution in [0, 0.1) is 11.3 Å². The maximum absolute atomic E-state index is 12.1. The van der Waals surface area contributed by atoms with Crippen molar-refractivity contribution < 1.29 is 29.0 Å². The molecule has 130 valence electrons. The third-order valence-electron chi connectivity index (χ3n) is 3.53. The number of nitrogens with one attached hydrogen (secondary N) is 1. The largest absolute Gasteiger partial charge is 0.507 e. The monoisotopic (exact) mass is 335 g/mol. The summed E-state index contributed by atoms with van der Waals surface area (Å²) in [5.41, 5.74) is -0.104. The van der Waals surface area contributed by atoms with Gasteiger partial charge < -0.3 is 14.6 Å². The SMILES string of the molecule is CCCc1c(OC(=O)C(=N)C(C)C(=O)OC)ccc(C(C)=O)c1O. The minimum absolute atomic E-state index is 0.0613. The molecule has 0 bridgehead atoms. The highest BCUT2D eigenvalue weighted by atomic mass is 16.5. The summed E-state index contributed by atoms with van der Waals surface area (Å²) in [6.07, 6.45) is 1.03. The van der Waals surface area contributed by atoms with Crippen molar-refractivity contribution in [1.82, 2.24) is 0 Å². The Kier molecular flexibility index (Phi) is 6.64. The topological polar surface area (TPSA) is 114 Å². The highest BCUT2D eigenvalue weighted by Crippen LogP contribution is 2.33. The number of ether oxygens (including phenoxy) is 2. The molecular weight excluding hydrogens is 314 g/mol. The van der Waals surface area contributed by atoms with Gasteiger partial charge in [-0.15, -0.1) is 0 Å². The molecule has 0 saturated carbocycles. The highest BCUT2D eigenvalue weighted by Gasteiger charge is 2.27. The summed E-state index contributed by atoms with van der Waals surface area (Å²) in [7, 11) is 1.16. The number of phenolic OH excluding ortho intramolecular Hbond substituents is 1. The molecule has 0 amide bonds. The van der Waals surface area contributed by atoms with Crippen LogP contribution >= 0.6 is 0 Å². The van der Waals surface area contributed by atoms with E-state index in [1.807, 2.05) is 6.92 Å². The van der Waals surface area contributed by atoms with Crippen LogP contribution in [0.4, 0.5) is 0 Å². The molecule has 0 saturated heterocycles. The highest BCUT2D eigenvalue weighted by molar-refractivity contribution is 6.39. The smallest absolute Gasteiger partial charge is 0.358 e. The predicted octanol–water partition coefficient (Wildman–Crippen LogP) is 2.28. The van der Waals surface area contributed by atoms with Crippen molar-refractivity contribution >= 4 is 23.4 Å². The third kappa shape index (κ3) is 4.18. The van der Waals surface area contributed by atoms with E-state index in [1.165, 1.54) is 26.0 Å². The van der Waals surface area contributed by atoms with Crippen LogP contribution in [0.15, 0.2) is 12.1 Å². The van der Waals surface area contributed by atoms with Gasteiger partial charge in [-0.3, -0.25) is 15.0 Å². The standard InChI is InChI=1S/C17H21NO6/c1-5-6-12-13(8-7-11(10(3)19)15(12)20)24-17(22)14(18)9(2)16(21)23-4/h7-9,18,20H,5-6H2,1-4H3. The zero-order chi connectivity index (χ0) is 18.4. The van der Waals surface area contributed by atoms with E-state index in [2.05, 4.69) is 4.74 Å². The normalized spacial score (nSPS) is 11.5. The lowest BCUT2D eigenvalue weighted by atomic mass is 10.0. The molecule has 0 heterocycles. The molecule has 0 radical (unpaired) electrons. The summed E-state index contributed by atoms with van der Waals surface area (Å²) in [6.45, 7) is 4.55. The first-order valence-electron chi connectivity index (χ1n) is 7.48. The number of aromatic hydroxyl groups is 1. The van der Waals surface area contributed by atoms with Gasteiger partial charge in [0.2, 0.25) is 0 Å². The number of esters is 2. The van der Waals surface area contributed by atoms with Gasteiger partial charge in [0, 0.05) is 5.56 Å². The second-order valence-corrected chi connectivity index (χ2v) is 5.29. The number of methoxy groups -OCH3 is 1. The Morgan fingerprint density at radius 1 is 1.29 bits per heavy atom. The molecule has 0 aliphatic rings. The molecule has 2 N–H and O–H groups in total. The summed E-state index contributed by atoms with van der Waals surface area (Å²) in [5.74, 6) is -3.29. The Labute approximate surface area is 140 Å². The number of hydrogen-bond acceptors (Lipinski definition) is 7. The quantitative estimate of drug-likeness (QED) is 0.342. The number of phenols is 1. The minimum Gasteiger partial charge on any atom is -0.507 e. The Hall–Kier alpha value is -2.70. The Morgan fingerprint density at radius 2 is 1.92 bits per heavy atom. The zero-order valence-electron chi connectivity index (χ0n) is 14.1. The van der Waals surface area contributed by atoms with Crippen molar-refractivity contribution in [1.29, 1.82) is 5.41 Å². The van der Waals surface area contributed by atoms with Crippen molar-refractivity contribution in [3.63, 3.8) is 0 Å². The Balaban J connectivity index is 3.12. The van der Waals surface area contributed by atoms with Gasteiger partial charge in [0.05, 0.1) is 12.7 Å². The molecule has 7 heteroatoms. The molecular formula is C17H21NO6. The minimum atomic E-state index is -1.07. The molecule has 7 nitrogen and oxygen atoms in total. The fraction of sp³-hybridized carbons (Fsp3) is 0.412. The third-order valence-corrected chi connectivity index (χ3v) is 3.53. The number of benzene rings is 1. The lowest BCUT2D eigenvalue weighted by Gasteiger charge is -2.15. The van der Waals surface area contributed by atoms with Gasteiger partial charge in [0.25, 0.3) is 0 Å². The van der Waals surface area contributed by atoms with E-state index in [1.54, 1.807) is 0 Å². The van der Waals surface area contributed by atoms with Gasteiger partial charge in [-0.05, 0) is 32.4 Å². The molecule has 1 rings (SSSR count). The van der Waals surface area contributed by atoms with Crippen LogP contribution in [0.1, 0.15) is 43.1 Å². The van der Waals surface area contributed by atoms with Gasteiger partial charge >= 0.3 is 11.9 Å². The van der Waals surface area contributed by atoms with Crippen LogP contribution in [-0.2, 0) is 20.7 Å². The summed E-state index contributed by atoms with van der Waals surface area (Å²) in [6, 6.07) is 2.75. The van der Waals surface area contributed by atoms with Crippen molar-refractivity contribution in [2.45, 2.75) is 33.6 Å². The maximum Gasteiger partial charge on any atom is 0.358 e. The van der Waals surface area contributed by atoms with Crippen molar-refractivity contribution in [2.75, 3.05) is 7.11 Å². The van der Waals surface area contributed by atoms with Crippen molar-refractivity contribution in [2.24, 2.45) is 5.92 Å². The molecule has 0 aromatic heterocycles. The van der Waals surface area contributed by atoms with Gasteiger partial charge in [-0.25, -0.2) is 4.79 Å². The zero-order valence-corrected chi connectivity index (χ0v) is 14.1. The molecule has 1 unspecified atom stereocenters. The number of Topliss-reactive ketones (excluding diaryl/α,β-unsaturated/α-hetero) is 1. The maximum atomic E-state index is 12.1. The molecule has 0 fully saturated rings. The van der Waals surface area contributed by atoms with Gasteiger partial charge in [0.1, 0.15) is 23.1 Å². The van der Waals surface area contributed by atoms with Crippen LogP contribution in [-0.4, -0.2) is 35.6 Å². The van der Waals surface area contributed by atoms with Crippen LogP contribution < -0.4 is 4.74 Å². The van der Waals surface area contributed by atoms with E-state index in [4.69, 9.17) is 10.1 Å². The second-order valence-electron chi connectivity index (χ2n) is 5.29. The average Bonchev–Trinajstić information content (AvgIpc) is 2.55. The first-order chi connectivity index (χ1) is 11.2. The Morgan fingerprint density at radius 3 is 2.42 bits per heavy atom. The lowest BCUT2D eigenvalue weighted by Crippen LogP contribution is -2.31. The summed E-state index contributed by atoms with van der Waals surface area (Å²) in [5, 5.41) is 17.9. The Bertz CT molecular complexity index is 680. The van der Waals surface area contributed by atoms with E-state index in [9.17, 15) is 19.5 Å². The fourth-order valence-corrected chi connectivity index (χ4v) is 2.12. The molecule has 1 aromatic rings. The number of ketones is 1. The van der Waals surface area contributed by atoms with Crippen LogP contribution in [0.2, 0.25) is 0 Å². The lowest BCUT2D eigenvalue weighted by molar-refractivity contribution is -0.143. The van der Waals surface area contributed by atoms with Gasteiger partial charge in [-0.1, -0.05) is 13.3 Å². The number of hydrogen-bond donors (Lipinski definition) is 2. The van der Waals surface area contributed by atoms with Crippen LogP contribution in [0.25, 0.3) is 0 Å². The molecule has 0 aliphatic heterocycles. The molecule has 24 heavy (non-hydrogen) atoms. The van der Waals surface area contributed by atoms with E-state index < -0.39 is 23.6 Å². The predicted molar refractivity (Wildman–Crippen MR) is 86.6 cm³/mol. The molecule has 0 aliphatic carbocycles.